The molecule has 22 heavy (non-hydrogen) atoms. The molecule has 0 saturated carbocycles. The van der Waals surface area contributed by atoms with Crippen LogP contribution in [0.5, 0.6) is 0 Å². The van der Waals surface area contributed by atoms with Crippen molar-refractivity contribution in [2.24, 2.45) is 5.92 Å². The maximum Gasteiger partial charge on any atom is 0.313 e. The maximum absolute atomic E-state index is 10.8. The fraction of sp³-hybridized carbons (Fsp3) is 0.571. The summed E-state index contributed by atoms with van der Waals surface area (Å²) in [5, 5.41) is 14.2. The summed E-state index contributed by atoms with van der Waals surface area (Å²) in [7, 11) is 0. The number of aliphatic carboxylic acids is 1. The molecule has 0 aromatic carbocycles. The second-order valence-corrected chi connectivity index (χ2v) is 6.71. The van der Waals surface area contributed by atoms with Gasteiger partial charge in [0.2, 0.25) is 5.95 Å². The number of anilines is 1. The van der Waals surface area contributed by atoms with Crippen LogP contribution in [0.1, 0.15) is 25.5 Å². The van der Waals surface area contributed by atoms with Crippen molar-refractivity contribution < 1.29 is 9.90 Å². The molecule has 8 heteroatoms. The van der Waals surface area contributed by atoms with E-state index < -0.39 is 5.97 Å². The van der Waals surface area contributed by atoms with Crippen LogP contribution in [0.4, 0.5) is 5.95 Å². The Morgan fingerprint density at radius 2 is 2.14 bits per heavy atom. The quantitative estimate of drug-likeness (QED) is 0.679. The lowest BCUT2D eigenvalue weighted by molar-refractivity contribution is -0.133. The Bertz CT molecular complexity index is 694. The van der Waals surface area contributed by atoms with Gasteiger partial charge < -0.3 is 10.0 Å². The number of carboxylic acids is 1. The minimum Gasteiger partial charge on any atom is -0.481 e. The number of hydrogen-bond acceptors (Lipinski definition) is 6. The summed E-state index contributed by atoms with van der Waals surface area (Å²) >= 11 is 1.23. The average Bonchev–Trinajstić information content (AvgIpc) is 2.89. The molecule has 0 bridgehead atoms. The van der Waals surface area contributed by atoms with Gasteiger partial charge in [-0.05, 0) is 31.7 Å². The molecular weight excluding hydrogens is 302 g/mol. The summed E-state index contributed by atoms with van der Waals surface area (Å²) in [6.45, 7) is 6.05. The highest BCUT2D eigenvalue weighted by Gasteiger charge is 2.20. The Morgan fingerprint density at radius 1 is 1.41 bits per heavy atom. The molecule has 7 nitrogen and oxygen atoms in total. The van der Waals surface area contributed by atoms with Crippen molar-refractivity contribution in [1.29, 1.82) is 0 Å². The normalized spacial score (nSPS) is 16.4. The summed E-state index contributed by atoms with van der Waals surface area (Å²) < 4.78 is 1.65. The van der Waals surface area contributed by atoms with Gasteiger partial charge in [0.15, 0.2) is 0 Å². The van der Waals surface area contributed by atoms with Gasteiger partial charge >= 0.3 is 5.97 Å². The first kappa shape index (κ1) is 15.1. The molecule has 2 aromatic rings. The Kier molecular flexibility index (Phi) is 4.19. The van der Waals surface area contributed by atoms with Crippen LogP contribution in [0.2, 0.25) is 0 Å². The number of nitrogens with zero attached hydrogens (tertiary/aromatic N) is 5. The Morgan fingerprint density at radius 3 is 2.82 bits per heavy atom. The Balaban J connectivity index is 1.91. The van der Waals surface area contributed by atoms with Crippen molar-refractivity contribution in [1.82, 2.24) is 19.6 Å². The monoisotopic (exact) mass is 321 g/mol. The van der Waals surface area contributed by atoms with Crippen LogP contribution in [-0.4, -0.2) is 49.5 Å². The van der Waals surface area contributed by atoms with E-state index >= 15 is 0 Å². The predicted octanol–water partition coefficient (Wildman–Crippen LogP) is 1.85. The molecule has 0 aliphatic carbocycles. The van der Waals surface area contributed by atoms with E-state index in [1.54, 1.807) is 4.52 Å². The molecule has 3 rings (SSSR count). The van der Waals surface area contributed by atoms with Gasteiger partial charge in [-0.15, -0.1) is 5.10 Å². The molecular formula is C14H19N5O2S. The minimum absolute atomic E-state index is 0.00498. The zero-order valence-corrected chi connectivity index (χ0v) is 13.5. The first-order chi connectivity index (χ1) is 10.5. The van der Waals surface area contributed by atoms with E-state index in [2.05, 4.69) is 26.9 Å². The third kappa shape index (κ3) is 3.16. The highest BCUT2D eigenvalue weighted by molar-refractivity contribution is 7.99. The predicted molar refractivity (Wildman–Crippen MR) is 84.5 cm³/mol. The highest BCUT2D eigenvalue weighted by Crippen LogP contribution is 2.23. The lowest BCUT2D eigenvalue weighted by Gasteiger charge is -2.28. The maximum atomic E-state index is 10.8. The third-order valence-corrected chi connectivity index (χ3v) is 4.78. The molecule has 0 unspecified atom stereocenters. The molecule has 1 N–H and O–H groups in total. The van der Waals surface area contributed by atoms with Crippen LogP contribution in [-0.2, 0) is 4.79 Å². The van der Waals surface area contributed by atoms with Crippen LogP contribution >= 0.6 is 11.8 Å². The molecule has 2 aromatic heterocycles. The van der Waals surface area contributed by atoms with Gasteiger partial charge in [0.25, 0.3) is 5.78 Å². The summed E-state index contributed by atoms with van der Waals surface area (Å²) in [5.74, 6) is 1.10. The van der Waals surface area contributed by atoms with E-state index in [4.69, 9.17) is 5.11 Å². The zero-order valence-electron chi connectivity index (χ0n) is 12.7. The molecule has 0 atom stereocenters. The fourth-order valence-corrected chi connectivity index (χ4v) is 3.29. The molecule has 1 fully saturated rings. The lowest BCUT2D eigenvalue weighted by atomic mass is 10.00. The van der Waals surface area contributed by atoms with Crippen molar-refractivity contribution in [2.75, 3.05) is 23.7 Å². The number of rotatable bonds is 4. The summed E-state index contributed by atoms with van der Waals surface area (Å²) in [6.07, 6.45) is 2.28. The van der Waals surface area contributed by atoms with Gasteiger partial charge in [0.1, 0.15) is 5.03 Å². The molecule has 0 amide bonds. The number of carbonyl (C=O) groups is 1. The standard InChI is InChI=1S/C14H19N5O2S/c1-9-3-5-18(6-4-9)14-16-13-15-10(2)7-11(19(13)17-14)22-8-12(20)21/h7,9H,3-6,8H2,1-2H3,(H,20,21). The van der Waals surface area contributed by atoms with E-state index in [0.29, 0.717) is 11.7 Å². The highest BCUT2D eigenvalue weighted by atomic mass is 32.2. The molecule has 1 aliphatic rings. The minimum atomic E-state index is -0.849. The molecule has 118 valence electrons. The number of aromatic nitrogens is 4. The van der Waals surface area contributed by atoms with E-state index in [9.17, 15) is 4.79 Å². The summed E-state index contributed by atoms with van der Waals surface area (Å²) in [5.41, 5.74) is 0.812. The number of aryl methyl sites for hydroxylation is 1. The number of fused-ring (bicyclic) bond motifs is 1. The van der Waals surface area contributed by atoms with Crippen molar-refractivity contribution >= 4 is 29.5 Å². The van der Waals surface area contributed by atoms with Crippen LogP contribution in [0.25, 0.3) is 5.78 Å². The van der Waals surface area contributed by atoms with Gasteiger partial charge in [-0.25, -0.2) is 4.98 Å². The van der Waals surface area contributed by atoms with Crippen molar-refractivity contribution in [3.05, 3.63) is 11.8 Å². The number of carboxylic acid groups (broad SMARTS) is 1. The van der Waals surface area contributed by atoms with E-state index in [0.717, 1.165) is 42.6 Å². The van der Waals surface area contributed by atoms with Gasteiger partial charge in [-0.2, -0.15) is 9.50 Å². The largest absolute Gasteiger partial charge is 0.481 e. The van der Waals surface area contributed by atoms with E-state index in [1.165, 1.54) is 11.8 Å². The van der Waals surface area contributed by atoms with Gasteiger partial charge in [0, 0.05) is 18.8 Å². The fourth-order valence-electron chi connectivity index (χ4n) is 2.52. The van der Waals surface area contributed by atoms with Crippen molar-refractivity contribution in [3.8, 4) is 0 Å². The van der Waals surface area contributed by atoms with Crippen LogP contribution in [0.3, 0.4) is 0 Å². The molecule has 0 spiro atoms. The summed E-state index contributed by atoms with van der Waals surface area (Å²) in [6, 6.07) is 1.84. The topological polar surface area (TPSA) is 83.6 Å². The van der Waals surface area contributed by atoms with Crippen LogP contribution in [0.15, 0.2) is 11.1 Å². The zero-order chi connectivity index (χ0) is 15.7. The Labute approximate surface area is 132 Å². The van der Waals surface area contributed by atoms with Gasteiger partial charge in [-0.3, -0.25) is 4.79 Å². The second kappa shape index (κ2) is 6.12. The molecule has 1 saturated heterocycles. The molecule has 3 heterocycles. The summed E-state index contributed by atoms with van der Waals surface area (Å²) in [4.78, 5) is 21.9. The average molecular weight is 321 g/mol. The molecule has 0 radical (unpaired) electrons. The van der Waals surface area contributed by atoms with Gasteiger partial charge in [0.05, 0.1) is 5.75 Å². The number of piperidine rings is 1. The van der Waals surface area contributed by atoms with Crippen molar-refractivity contribution in [3.63, 3.8) is 0 Å². The van der Waals surface area contributed by atoms with Gasteiger partial charge in [-0.1, -0.05) is 18.7 Å². The smallest absolute Gasteiger partial charge is 0.313 e. The second-order valence-electron chi connectivity index (χ2n) is 5.71. The molecule has 1 aliphatic heterocycles. The first-order valence-electron chi connectivity index (χ1n) is 7.37. The number of hydrogen-bond donors (Lipinski definition) is 1. The third-order valence-electron chi connectivity index (χ3n) is 3.81. The van der Waals surface area contributed by atoms with E-state index in [1.807, 2.05) is 13.0 Å². The SMILES string of the molecule is Cc1cc(SCC(=O)O)n2nc(N3CCC(C)CC3)nc2n1. The number of thioether (sulfide) groups is 1. The van der Waals surface area contributed by atoms with Crippen LogP contribution < -0.4 is 4.90 Å². The van der Waals surface area contributed by atoms with Crippen LogP contribution in [0, 0.1) is 12.8 Å². The van der Waals surface area contributed by atoms with Crippen molar-refractivity contribution in [2.45, 2.75) is 31.7 Å². The lowest BCUT2D eigenvalue weighted by Crippen LogP contribution is -2.33. The van der Waals surface area contributed by atoms with E-state index in [-0.39, 0.29) is 5.75 Å². The first-order valence-corrected chi connectivity index (χ1v) is 8.35. The Hall–Kier alpha value is -1.83.